The third kappa shape index (κ3) is 1.04. The largest absolute Gasteiger partial charge is 0.445 e. The summed E-state index contributed by atoms with van der Waals surface area (Å²) in [4.78, 5) is 13.5. The van der Waals surface area contributed by atoms with Crippen LogP contribution in [0.1, 0.15) is 26.7 Å². The van der Waals surface area contributed by atoms with E-state index in [4.69, 9.17) is 4.74 Å². The molecule has 0 spiro atoms. The van der Waals surface area contributed by atoms with Gasteiger partial charge in [0.2, 0.25) is 0 Å². The number of carbonyl (C=O) groups excluding carboxylic acids is 1. The Hall–Kier alpha value is -0.570. The van der Waals surface area contributed by atoms with Crippen molar-refractivity contribution in [2.45, 2.75) is 39.0 Å². The van der Waals surface area contributed by atoms with Crippen molar-refractivity contribution in [2.75, 3.05) is 6.54 Å². The van der Waals surface area contributed by atoms with E-state index >= 15 is 0 Å². The molecule has 2 aliphatic heterocycles. The van der Waals surface area contributed by atoms with Gasteiger partial charge in [-0.2, -0.15) is 0 Å². The lowest BCUT2D eigenvalue weighted by Crippen LogP contribution is -2.35. The minimum absolute atomic E-state index is 0.00815. The molecule has 0 aromatic carbocycles. The Morgan fingerprint density at radius 1 is 1.58 bits per heavy atom. The Kier molecular flexibility index (Phi) is 1.83. The molecule has 3 nitrogen and oxygen atoms in total. The number of nitrogens with zero attached hydrogens (tertiary/aromatic N) is 1. The van der Waals surface area contributed by atoms with Crippen molar-refractivity contribution in [3.8, 4) is 0 Å². The Bertz CT molecular complexity index is 203. The van der Waals surface area contributed by atoms with Gasteiger partial charge >= 0.3 is 5.97 Å². The van der Waals surface area contributed by atoms with E-state index in [1.54, 1.807) is 0 Å². The predicted molar refractivity (Wildman–Crippen MR) is 44.4 cm³/mol. The van der Waals surface area contributed by atoms with Gasteiger partial charge in [-0.3, -0.25) is 9.69 Å². The van der Waals surface area contributed by atoms with Crippen LogP contribution in [0.3, 0.4) is 0 Å². The summed E-state index contributed by atoms with van der Waals surface area (Å²) in [5.41, 5.74) is 0. The van der Waals surface area contributed by atoms with Crippen molar-refractivity contribution in [3.63, 3.8) is 0 Å². The van der Waals surface area contributed by atoms with Crippen molar-refractivity contribution in [3.05, 3.63) is 0 Å². The Morgan fingerprint density at radius 2 is 2.33 bits per heavy atom. The fraction of sp³-hybridized carbons (Fsp3) is 0.889. The Labute approximate surface area is 72.7 Å². The number of hydrogen-bond acceptors (Lipinski definition) is 3. The minimum atomic E-state index is -0.00815. The van der Waals surface area contributed by atoms with Gasteiger partial charge in [0.1, 0.15) is 6.04 Å². The van der Waals surface area contributed by atoms with Crippen LogP contribution in [0.2, 0.25) is 0 Å². The third-order valence-electron chi connectivity index (χ3n) is 2.70. The van der Waals surface area contributed by atoms with Gasteiger partial charge < -0.3 is 4.74 Å². The fourth-order valence-corrected chi connectivity index (χ4v) is 2.13. The maximum Gasteiger partial charge on any atom is 0.325 e. The van der Waals surface area contributed by atoms with Gasteiger partial charge in [-0.15, -0.1) is 0 Å². The second-order valence-corrected chi connectivity index (χ2v) is 3.97. The standard InChI is InChI=1S/C9H15NO2/c1-6(2)8-10-5-3-4-7(10)9(11)12-8/h6-8H,3-5H2,1-2H3/t7-,8+/m0/s1. The summed E-state index contributed by atoms with van der Waals surface area (Å²) in [7, 11) is 0. The molecule has 2 aliphatic rings. The topological polar surface area (TPSA) is 29.5 Å². The van der Waals surface area contributed by atoms with Crippen molar-refractivity contribution >= 4 is 5.97 Å². The van der Waals surface area contributed by atoms with E-state index in [9.17, 15) is 4.79 Å². The number of esters is 1. The zero-order valence-electron chi connectivity index (χ0n) is 7.62. The monoisotopic (exact) mass is 169 g/mol. The smallest absolute Gasteiger partial charge is 0.325 e. The van der Waals surface area contributed by atoms with Crippen molar-refractivity contribution in [1.82, 2.24) is 4.90 Å². The molecule has 2 saturated heterocycles. The summed E-state index contributed by atoms with van der Waals surface area (Å²) in [6, 6.07) is 0.0809. The number of carbonyl (C=O) groups is 1. The first-order valence-electron chi connectivity index (χ1n) is 4.66. The summed E-state index contributed by atoms with van der Waals surface area (Å²) < 4.78 is 5.28. The number of fused-ring (bicyclic) bond motifs is 1. The molecule has 0 unspecified atom stereocenters. The van der Waals surface area contributed by atoms with Gasteiger partial charge in [0, 0.05) is 12.5 Å². The van der Waals surface area contributed by atoms with Crippen molar-refractivity contribution in [2.24, 2.45) is 5.92 Å². The SMILES string of the molecule is CC(C)[C@H]1OC(=O)[C@@H]2CCCN12. The molecule has 0 radical (unpaired) electrons. The second kappa shape index (κ2) is 2.73. The molecule has 2 heterocycles. The highest BCUT2D eigenvalue weighted by Gasteiger charge is 2.45. The van der Waals surface area contributed by atoms with Crippen LogP contribution >= 0.6 is 0 Å². The van der Waals surface area contributed by atoms with E-state index in [0.717, 1.165) is 19.4 Å². The maximum atomic E-state index is 11.3. The Morgan fingerprint density at radius 3 is 3.00 bits per heavy atom. The zero-order chi connectivity index (χ0) is 8.72. The molecule has 2 rings (SSSR count). The molecule has 0 aromatic heterocycles. The predicted octanol–water partition coefficient (Wildman–Crippen LogP) is 0.990. The lowest BCUT2D eigenvalue weighted by atomic mass is 10.2. The van der Waals surface area contributed by atoms with E-state index in [2.05, 4.69) is 18.7 Å². The number of rotatable bonds is 1. The molecule has 2 atom stereocenters. The van der Waals surface area contributed by atoms with Gasteiger partial charge in [0.25, 0.3) is 0 Å². The second-order valence-electron chi connectivity index (χ2n) is 3.97. The number of ether oxygens (including phenoxy) is 1. The minimum Gasteiger partial charge on any atom is -0.445 e. The highest BCUT2D eigenvalue weighted by Crippen LogP contribution is 2.31. The van der Waals surface area contributed by atoms with Crippen LogP contribution in [-0.4, -0.2) is 29.7 Å². The van der Waals surface area contributed by atoms with Crippen LogP contribution in [0, 0.1) is 5.92 Å². The molecule has 3 heteroatoms. The van der Waals surface area contributed by atoms with Crippen LogP contribution in [0.15, 0.2) is 0 Å². The fourth-order valence-electron chi connectivity index (χ4n) is 2.13. The normalized spacial score (nSPS) is 35.8. The Balaban J connectivity index is 2.14. The maximum absolute atomic E-state index is 11.3. The van der Waals surface area contributed by atoms with Crippen LogP contribution < -0.4 is 0 Å². The van der Waals surface area contributed by atoms with E-state index in [1.165, 1.54) is 0 Å². The average Bonchev–Trinajstić information content (AvgIpc) is 2.53. The van der Waals surface area contributed by atoms with Crippen LogP contribution in [0.5, 0.6) is 0 Å². The quantitative estimate of drug-likeness (QED) is 0.548. The lowest BCUT2D eigenvalue weighted by molar-refractivity contribution is -0.144. The molecule has 0 amide bonds. The summed E-state index contributed by atoms with van der Waals surface area (Å²) in [5, 5.41) is 0. The van der Waals surface area contributed by atoms with Crippen molar-refractivity contribution < 1.29 is 9.53 Å². The molecule has 0 aliphatic carbocycles. The lowest BCUT2D eigenvalue weighted by Gasteiger charge is -2.22. The van der Waals surface area contributed by atoms with Gasteiger partial charge in [0.15, 0.2) is 6.23 Å². The van der Waals surface area contributed by atoms with Crippen LogP contribution in [0.25, 0.3) is 0 Å². The first kappa shape index (κ1) is 8.05. The highest BCUT2D eigenvalue weighted by molar-refractivity contribution is 5.78. The van der Waals surface area contributed by atoms with Gasteiger partial charge in [0.05, 0.1) is 0 Å². The molecule has 68 valence electrons. The molecular formula is C9H15NO2. The first-order valence-corrected chi connectivity index (χ1v) is 4.66. The molecule has 12 heavy (non-hydrogen) atoms. The summed E-state index contributed by atoms with van der Waals surface area (Å²) in [6.07, 6.45) is 2.18. The molecule has 0 aromatic rings. The van der Waals surface area contributed by atoms with Crippen LogP contribution in [0.4, 0.5) is 0 Å². The third-order valence-corrected chi connectivity index (χ3v) is 2.70. The van der Waals surface area contributed by atoms with Crippen molar-refractivity contribution in [1.29, 1.82) is 0 Å². The van der Waals surface area contributed by atoms with Crippen LogP contribution in [-0.2, 0) is 9.53 Å². The summed E-state index contributed by atoms with van der Waals surface area (Å²) in [5.74, 6) is 0.406. The number of hydrogen-bond donors (Lipinski definition) is 0. The molecule has 2 fully saturated rings. The molecule has 0 N–H and O–H groups in total. The zero-order valence-corrected chi connectivity index (χ0v) is 7.62. The average molecular weight is 169 g/mol. The first-order chi connectivity index (χ1) is 5.70. The summed E-state index contributed by atoms with van der Waals surface area (Å²) in [6.45, 7) is 5.22. The van der Waals surface area contributed by atoms with E-state index in [0.29, 0.717) is 5.92 Å². The van der Waals surface area contributed by atoms with Gasteiger partial charge in [-0.1, -0.05) is 13.8 Å². The highest BCUT2D eigenvalue weighted by atomic mass is 16.6. The molecular weight excluding hydrogens is 154 g/mol. The van der Waals surface area contributed by atoms with Gasteiger partial charge in [-0.25, -0.2) is 0 Å². The molecule has 0 bridgehead atoms. The van der Waals surface area contributed by atoms with E-state index in [-0.39, 0.29) is 18.2 Å². The van der Waals surface area contributed by atoms with E-state index < -0.39 is 0 Å². The number of cyclic esters (lactones) is 1. The van der Waals surface area contributed by atoms with Gasteiger partial charge in [-0.05, 0) is 12.8 Å². The molecule has 0 saturated carbocycles. The van der Waals surface area contributed by atoms with E-state index in [1.807, 2.05) is 0 Å². The summed E-state index contributed by atoms with van der Waals surface area (Å²) >= 11 is 0.